The Balaban J connectivity index is 2.04. The highest BCUT2D eigenvalue weighted by Gasteiger charge is 2.49. The monoisotopic (exact) mass is 289 g/mol. The van der Waals surface area contributed by atoms with Crippen LogP contribution in [0.5, 0.6) is 0 Å². The first-order valence-electron chi connectivity index (χ1n) is 7.68. The molecule has 5 nitrogen and oxygen atoms in total. The van der Waals surface area contributed by atoms with Crippen molar-refractivity contribution in [2.75, 3.05) is 13.6 Å². The lowest BCUT2D eigenvalue weighted by Crippen LogP contribution is -2.51. The molecule has 1 aromatic heterocycles. The molecule has 0 N–H and O–H groups in total. The number of carbonyl (C=O) groups excluding carboxylic acids is 1. The predicted octanol–water partition coefficient (Wildman–Crippen LogP) is 2.52. The topological polar surface area (TPSA) is 49.1 Å². The maximum Gasteiger partial charge on any atom is 0.243 e. The zero-order valence-electron chi connectivity index (χ0n) is 13.1. The molecule has 1 aromatic rings. The summed E-state index contributed by atoms with van der Waals surface area (Å²) in [4.78, 5) is 14.7. The molecule has 114 valence electrons. The molecule has 2 aliphatic rings. The van der Waals surface area contributed by atoms with E-state index < -0.39 is 0 Å². The molecular weight excluding hydrogens is 266 g/mol. The smallest absolute Gasteiger partial charge is 0.243 e. The number of piperidine rings is 1. The van der Waals surface area contributed by atoms with Gasteiger partial charge in [-0.3, -0.25) is 4.79 Å². The summed E-state index contributed by atoms with van der Waals surface area (Å²) in [7, 11) is 2.14. The fourth-order valence-electron chi connectivity index (χ4n) is 3.60. The molecule has 0 saturated carbocycles. The Kier molecular flexibility index (Phi) is 3.61. The zero-order valence-corrected chi connectivity index (χ0v) is 13.1. The van der Waals surface area contributed by atoms with E-state index in [9.17, 15) is 4.79 Å². The highest BCUT2D eigenvalue weighted by Crippen LogP contribution is 2.43. The molecule has 1 fully saturated rings. The van der Waals surface area contributed by atoms with E-state index in [1.54, 1.807) is 11.3 Å². The van der Waals surface area contributed by atoms with Crippen molar-refractivity contribution >= 4 is 11.6 Å². The van der Waals surface area contributed by atoms with E-state index in [-0.39, 0.29) is 17.9 Å². The molecule has 21 heavy (non-hydrogen) atoms. The fourth-order valence-corrected chi connectivity index (χ4v) is 3.60. The minimum absolute atomic E-state index is 0.0559. The molecule has 4 atom stereocenters. The number of fused-ring (bicyclic) bond motifs is 1. The minimum atomic E-state index is -0.109. The molecule has 0 spiro atoms. The predicted molar refractivity (Wildman–Crippen MR) is 80.8 cm³/mol. The van der Waals surface area contributed by atoms with Crippen LogP contribution in [0.4, 0.5) is 0 Å². The summed E-state index contributed by atoms with van der Waals surface area (Å²) >= 11 is 0. The van der Waals surface area contributed by atoms with Gasteiger partial charge in [0.2, 0.25) is 5.91 Å². The summed E-state index contributed by atoms with van der Waals surface area (Å²) in [5.74, 6) is 1.46. The van der Waals surface area contributed by atoms with E-state index in [4.69, 9.17) is 9.52 Å². The molecule has 5 heteroatoms. The Hall–Kier alpha value is -1.62. The third-order valence-electron chi connectivity index (χ3n) is 4.84. The number of rotatable bonds is 2. The Bertz CT molecular complexity index is 552. The van der Waals surface area contributed by atoms with E-state index in [1.165, 1.54) is 0 Å². The second-order valence-electron chi connectivity index (χ2n) is 6.18. The van der Waals surface area contributed by atoms with Crippen LogP contribution in [-0.2, 0) is 4.79 Å². The van der Waals surface area contributed by atoms with Crippen LogP contribution in [0.15, 0.2) is 27.9 Å². The van der Waals surface area contributed by atoms with Crippen molar-refractivity contribution in [3.63, 3.8) is 0 Å². The highest BCUT2D eigenvalue weighted by atomic mass is 16.3. The molecule has 0 aliphatic carbocycles. The fraction of sp³-hybridized carbons (Fsp3) is 0.625. The Labute approximate surface area is 125 Å². The second kappa shape index (κ2) is 5.30. The van der Waals surface area contributed by atoms with Crippen molar-refractivity contribution in [1.82, 2.24) is 9.91 Å². The Morgan fingerprint density at radius 2 is 2.24 bits per heavy atom. The zero-order chi connectivity index (χ0) is 15.1. The van der Waals surface area contributed by atoms with Gasteiger partial charge in [-0.15, -0.1) is 0 Å². The minimum Gasteiger partial charge on any atom is -0.467 e. The molecule has 0 unspecified atom stereocenters. The highest BCUT2D eigenvalue weighted by molar-refractivity contribution is 5.94. The molecule has 3 rings (SSSR count). The van der Waals surface area contributed by atoms with Gasteiger partial charge in [-0.25, -0.2) is 5.01 Å². The van der Waals surface area contributed by atoms with Gasteiger partial charge in [0.05, 0.1) is 6.26 Å². The van der Waals surface area contributed by atoms with E-state index >= 15 is 0 Å². The van der Waals surface area contributed by atoms with Crippen LogP contribution < -0.4 is 0 Å². The Morgan fingerprint density at radius 3 is 2.86 bits per heavy atom. The lowest BCUT2D eigenvalue weighted by molar-refractivity contribution is -0.133. The van der Waals surface area contributed by atoms with Crippen molar-refractivity contribution in [1.29, 1.82) is 0 Å². The van der Waals surface area contributed by atoms with Crippen LogP contribution in [0.3, 0.4) is 0 Å². The third-order valence-corrected chi connectivity index (χ3v) is 4.84. The molecule has 0 radical (unpaired) electrons. The van der Waals surface area contributed by atoms with Crippen LogP contribution in [-0.4, -0.2) is 41.2 Å². The molecule has 2 aliphatic heterocycles. The lowest BCUT2D eigenvalue weighted by atomic mass is 9.78. The molecule has 0 bridgehead atoms. The first-order valence-corrected chi connectivity index (χ1v) is 7.68. The van der Waals surface area contributed by atoms with Gasteiger partial charge in [-0.1, -0.05) is 13.8 Å². The summed E-state index contributed by atoms with van der Waals surface area (Å²) in [5.41, 5.74) is 1.14. The maximum atomic E-state index is 12.3. The summed E-state index contributed by atoms with van der Waals surface area (Å²) in [5, 5.41) is 6.36. The lowest BCUT2D eigenvalue weighted by Gasteiger charge is -2.40. The van der Waals surface area contributed by atoms with Gasteiger partial charge in [0.15, 0.2) is 0 Å². The summed E-state index contributed by atoms with van der Waals surface area (Å²) in [6, 6.07) is 4.06. The van der Waals surface area contributed by atoms with Gasteiger partial charge < -0.3 is 9.32 Å². The van der Waals surface area contributed by atoms with Crippen LogP contribution in [0, 0.1) is 11.8 Å². The van der Waals surface area contributed by atoms with Crippen molar-refractivity contribution in [2.45, 2.75) is 39.3 Å². The van der Waals surface area contributed by atoms with Gasteiger partial charge in [-0.2, -0.15) is 5.10 Å². The summed E-state index contributed by atoms with van der Waals surface area (Å²) in [6.07, 6.45) is 2.13. The average Bonchev–Trinajstić information content (AvgIpc) is 3.10. The van der Waals surface area contributed by atoms with Crippen molar-refractivity contribution in [2.24, 2.45) is 16.9 Å². The van der Waals surface area contributed by atoms with Crippen molar-refractivity contribution < 1.29 is 9.21 Å². The van der Waals surface area contributed by atoms with Gasteiger partial charge in [0.1, 0.15) is 11.8 Å². The Morgan fingerprint density at radius 1 is 1.48 bits per heavy atom. The number of hydrogen-bond donors (Lipinski definition) is 0. The number of amides is 1. The van der Waals surface area contributed by atoms with Gasteiger partial charge in [0, 0.05) is 36.6 Å². The van der Waals surface area contributed by atoms with Gasteiger partial charge in [-0.05, 0) is 26.1 Å². The molecule has 0 aromatic carbocycles. The second-order valence-corrected chi connectivity index (χ2v) is 6.18. The van der Waals surface area contributed by atoms with Crippen LogP contribution in [0.1, 0.15) is 39.0 Å². The van der Waals surface area contributed by atoms with E-state index in [0.717, 1.165) is 18.0 Å². The average molecular weight is 289 g/mol. The van der Waals surface area contributed by atoms with Gasteiger partial charge in [0.25, 0.3) is 0 Å². The third kappa shape index (κ3) is 2.20. The number of furan rings is 1. The van der Waals surface area contributed by atoms with Crippen molar-refractivity contribution in [3.8, 4) is 0 Å². The SMILES string of the molecule is CCC(=O)N1N=C2[C@H]([C@H]1c1ccco1)[C@H](C)N(C)C[C@@H]2C. The first-order chi connectivity index (χ1) is 10.0. The number of nitrogens with zero attached hydrogens (tertiary/aromatic N) is 3. The normalized spacial score (nSPS) is 33.0. The van der Waals surface area contributed by atoms with Crippen molar-refractivity contribution in [3.05, 3.63) is 24.2 Å². The number of likely N-dealkylation sites (tertiary alicyclic amines) is 1. The number of hydrazone groups is 1. The quantitative estimate of drug-likeness (QED) is 0.840. The first kappa shape index (κ1) is 14.3. The van der Waals surface area contributed by atoms with Gasteiger partial charge >= 0.3 is 0 Å². The summed E-state index contributed by atoms with van der Waals surface area (Å²) in [6.45, 7) is 7.26. The van der Waals surface area contributed by atoms with Crippen LogP contribution in [0.25, 0.3) is 0 Å². The van der Waals surface area contributed by atoms with E-state index in [0.29, 0.717) is 18.4 Å². The maximum absolute atomic E-state index is 12.3. The summed E-state index contributed by atoms with van der Waals surface area (Å²) < 4.78 is 5.62. The molecule has 1 saturated heterocycles. The number of hydrogen-bond acceptors (Lipinski definition) is 4. The molecule has 1 amide bonds. The van der Waals surface area contributed by atoms with E-state index in [1.807, 2.05) is 19.1 Å². The van der Waals surface area contributed by atoms with Crippen LogP contribution >= 0.6 is 0 Å². The largest absolute Gasteiger partial charge is 0.467 e. The number of carbonyl (C=O) groups is 1. The molecular formula is C16H23N3O2. The molecule has 3 heterocycles. The van der Waals surface area contributed by atoms with E-state index in [2.05, 4.69) is 25.8 Å². The van der Waals surface area contributed by atoms with Crippen LogP contribution in [0.2, 0.25) is 0 Å². The standard InChI is InChI=1S/C16H23N3O2/c1-5-13(20)19-16(12-7-6-8-21-12)14-11(3)18(4)9-10(2)15(14)17-19/h6-8,10-11,14,16H,5,9H2,1-4H3/t10-,11-,14+,16+/m0/s1.